The van der Waals surface area contributed by atoms with Gasteiger partial charge in [0.2, 0.25) is 0 Å². The number of carboxylic acid groups (broad SMARTS) is 3. The molecule has 0 unspecified atom stereocenters. The minimum atomic E-state index is -0.833. The van der Waals surface area contributed by atoms with Crippen LogP contribution in [0.3, 0.4) is 0 Å². The van der Waals surface area contributed by atoms with E-state index in [1.807, 2.05) is 0 Å². The van der Waals surface area contributed by atoms with E-state index in [2.05, 4.69) is 0 Å². The summed E-state index contributed by atoms with van der Waals surface area (Å²) in [5, 5.41) is 22.2. The van der Waals surface area contributed by atoms with Gasteiger partial charge in [-0.1, -0.05) is 0 Å². The molecule has 0 aliphatic rings. The monoisotopic (exact) mass is 269 g/mol. The molecule has 0 aromatic carbocycles. The van der Waals surface area contributed by atoms with Gasteiger partial charge in [-0.05, 0) is 0 Å². The van der Waals surface area contributed by atoms with Gasteiger partial charge in [-0.15, -0.1) is 0 Å². The van der Waals surface area contributed by atoms with Crippen molar-refractivity contribution in [3.8, 4) is 0 Å². The first-order valence-corrected chi connectivity index (χ1v) is 2.78. The first-order valence-electron chi connectivity index (χ1n) is 2.78. The molecule has 0 aromatic heterocycles. The fourth-order valence-electron chi connectivity index (χ4n) is 0. The van der Waals surface area contributed by atoms with Crippen molar-refractivity contribution in [1.82, 2.24) is 6.15 Å². The normalized spacial score (nSPS) is 4.69. The molecule has 0 rings (SSSR count). The van der Waals surface area contributed by atoms with Crippen LogP contribution < -0.4 is 6.15 Å². The first-order chi connectivity index (χ1) is 5.20. The number of hydrogen-bond acceptors (Lipinski definition) is 4. The van der Waals surface area contributed by atoms with Crippen LogP contribution >= 0.6 is 0 Å². The molecule has 6 N–H and O–H groups in total. The Morgan fingerprint density at radius 1 is 0.625 bits per heavy atom. The van der Waals surface area contributed by atoms with Crippen LogP contribution in [0.4, 0.5) is 0 Å². The Morgan fingerprint density at radius 2 is 0.625 bits per heavy atom. The van der Waals surface area contributed by atoms with Crippen LogP contribution in [0.15, 0.2) is 0 Å². The SMILES string of the molecule is CC(=O)O.CC(=O)O.CC(=O)O.N.[NaH].[NaH].[NaH]. The van der Waals surface area contributed by atoms with Gasteiger partial charge in [0.1, 0.15) is 0 Å². The summed E-state index contributed by atoms with van der Waals surface area (Å²) in [5.41, 5.74) is 0. The van der Waals surface area contributed by atoms with Crippen molar-refractivity contribution in [3.05, 3.63) is 0 Å². The fraction of sp³-hybridized carbons (Fsp3) is 0.500. The van der Waals surface area contributed by atoms with E-state index in [0.717, 1.165) is 20.8 Å². The Hall–Kier alpha value is 1.37. The van der Waals surface area contributed by atoms with E-state index in [-0.39, 0.29) is 94.8 Å². The Kier molecular flexibility index (Phi) is 97.3. The average Bonchev–Trinajstić information content (AvgIpc) is 1.54. The van der Waals surface area contributed by atoms with Gasteiger partial charge in [-0.3, -0.25) is 14.4 Å². The Balaban J connectivity index is -0.0000000135. The third kappa shape index (κ3) is 1690. The van der Waals surface area contributed by atoms with Gasteiger partial charge in [0, 0.05) is 20.8 Å². The molecule has 0 atom stereocenters. The molecule has 0 saturated heterocycles. The third-order valence-electron chi connectivity index (χ3n) is 0. The zero-order valence-corrected chi connectivity index (χ0v) is 7.77. The van der Waals surface area contributed by atoms with E-state index >= 15 is 0 Å². The molecular formula is C6H18NNa3O6. The van der Waals surface area contributed by atoms with Crippen molar-refractivity contribution in [1.29, 1.82) is 0 Å². The second-order valence-corrected chi connectivity index (χ2v) is 1.56. The first kappa shape index (κ1) is 43.3. The molecule has 0 aromatic rings. The summed E-state index contributed by atoms with van der Waals surface area (Å²) in [5.74, 6) is -2.50. The van der Waals surface area contributed by atoms with E-state index in [1.165, 1.54) is 0 Å². The molecule has 0 aliphatic carbocycles. The van der Waals surface area contributed by atoms with Crippen molar-refractivity contribution in [2.75, 3.05) is 0 Å². The van der Waals surface area contributed by atoms with E-state index in [0.29, 0.717) is 0 Å². The molecule has 0 aliphatic heterocycles. The Morgan fingerprint density at radius 3 is 0.625 bits per heavy atom. The van der Waals surface area contributed by atoms with Gasteiger partial charge < -0.3 is 21.5 Å². The minimum absolute atomic E-state index is 0. The molecule has 0 bridgehead atoms. The van der Waals surface area contributed by atoms with E-state index in [9.17, 15) is 0 Å². The molecule has 7 nitrogen and oxygen atoms in total. The zero-order chi connectivity index (χ0) is 10.7. The molecule has 0 heterocycles. The van der Waals surface area contributed by atoms with Crippen LogP contribution in [0.5, 0.6) is 0 Å². The van der Waals surface area contributed by atoms with E-state index in [1.54, 1.807) is 0 Å². The van der Waals surface area contributed by atoms with E-state index < -0.39 is 17.9 Å². The van der Waals surface area contributed by atoms with Crippen LogP contribution in [-0.4, -0.2) is 122 Å². The van der Waals surface area contributed by atoms with Crippen LogP contribution in [0, 0.1) is 0 Å². The second-order valence-electron chi connectivity index (χ2n) is 1.56. The molecule has 16 heavy (non-hydrogen) atoms. The standard InChI is InChI=1S/3C2H4O2.H3N.3Na.3H/c3*1-2(3)4;;;;;;;/h3*1H3,(H,3,4);1H3;;;;;;. The molecule has 0 fully saturated rings. The summed E-state index contributed by atoms with van der Waals surface area (Å²) in [6.45, 7) is 3.25. The predicted octanol–water partition coefficient (Wildman–Crippen LogP) is -1.51. The molecule has 10 heteroatoms. The molecule has 86 valence electrons. The van der Waals surface area contributed by atoms with Crippen molar-refractivity contribution >= 4 is 107 Å². The van der Waals surface area contributed by atoms with Crippen LogP contribution in [-0.2, 0) is 14.4 Å². The second kappa shape index (κ2) is 36.0. The molecular weight excluding hydrogens is 251 g/mol. The number of hydrogen-bond donors (Lipinski definition) is 4. The number of aliphatic carboxylic acids is 3. The number of carboxylic acids is 3. The van der Waals surface area contributed by atoms with Crippen molar-refractivity contribution in [2.45, 2.75) is 20.8 Å². The van der Waals surface area contributed by atoms with Crippen molar-refractivity contribution in [2.24, 2.45) is 0 Å². The van der Waals surface area contributed by atoms with Crippen LogP contribution in [0.2, 0.25) is 0 Å². The summed E-state index contributed by atoms with van der Waals surface area (Å²) in [6, 6.07) is 0. The van der Waals surface area contributed by atoms with Crippen LogP contribution in [0.25, 0.3) is 0 Å². The quantitative estimate of drug-likeness (QED) is 0.391. The molecule has 0 radical (unpaired) electrons. The average molecular weight is 269 g/mol. The Labute approximate surface area is 161 Å². The van der Waals surface area contributed by atoms with Crippen molar-refractivity contribution < 1.29 is 29.7 Å². The summed E-state index contributed by atoms with van der Waals surface area (Å²) >= 11 is 0. The Bertz CT molecular complexity index is 126. The zero-order valence-electron chi connectivity index (χ0n) is 7.77. The maximum atomic E-state index is 9.00. The topological polar surface area (TPSA) is 147 Å². The van der Waals surface area contributed by atoms with E-state index in [4.69, 9.17) is 29.7 Å². The van der Waals surface area contributed by atoms with Gasteiger partial charge in [0.25, 0.3) is 17.9 Å². The molecule has 0 amide bonds. The van der Waals surface area contributed by atoms with Gasteiger partial charge in [0.15, 0.2) is 0 Å². The summed E-state index contributed by atoms with van der Waals surface area (Å²) < 4.78 is 0. The van der Waals surface area contributed by atoms with Gasteiger partial charge in [-0.2, -0.15) is 0 Å². The number of rotatable bonds is 0. The summed E-state index contributed by atoms with van der Waals surface area (Å²) in [7, 11) is 0. The van der Waals surface area contributed by atoms with Gasteiger partial charge in [0.05, 0.1) is 0 Å². The molecule has 0 spiro atoms. The maximum absolute atomic E-state index is 9.00. The third-order valence-corrected chi connectivity index (χ3v) is 0. The molecule has 0 saturated carbocycles. The fourth-order valence-corrected chi connectivity index (χ4v) is 0. The number of carbonyl (C=O) groups is 3. The predicted molar refractivity (Wildman–Crippen MR) is 66.4 cm³/mol. The van der Waals surface area contributed by atoms with Gasteiger partial charge in [-0.25, -0.2) is 0 Å². The summed E-state index contributed by atoms with van der Waals surface area (Å²) in [6.07, 6.45) is 0. The van der Waals surface area contributed by atoms with Crippen molar-refractivity contribution in [3.63, 3.8) is 0 Å². The van der Waals surface area contributed by atoms with Crippen LogP contribution in [0.1, 0.15) is 20.8 Å². The van der Waals surface area contributed by atoms with Gasteiger partial charge >= 0.3 is 88.7 Å². The summed E-state index contributed by atoms with van der Waals surface area (Å²) in [4.78, 5) is 27.0.